The lowest BCUT2D eigenvalue weighted by Crippen LogP contribution is -2.22. The molecule has 1 aromatic heterocycles. The Kier molecular flexibility index (Phi) is 8.91. The second kappa shape index (κ2) is 12.1. The molecule has 0 aliphatic carbocycles. The summed E-state index contributed by atoms with van der Waals surface area (Å²) < 4.78 is 12.5. The molecule has 0 atom stereocenters. The molecule has 0 fully saturated rings. The van der Waals surface area contributed by atoms with Crippen molar-refractivity contribution in [2.75, 3.05) is 40.6 Å². The molecule has 3 aromatic rings. The molecule has 0 saturated heterocycles. The number of carbonyl (C=O) groups is 1. The van der Waals surface area contributed by atoms with Crippen LogP contribution in [-0.4, -0.2) is 66.2 Å². The number of nitrogens with one attached hydrogen (secondary N) is 1. The van der Waals surface area contributed by atoms with Gasteiger partial charge in [0.05, 0.1) is 26.5 Å². The van der Waals surface area contributed by atoms with Crippen molar-refractivity contribution in [2.24, 2.45) is 0 Å². The molecule has 0 aliphatic heterocycles. The van der Waals surface area contributed by atoms with Gasteiger partial charge in [0.2, 0.25) is 5.91 Å². The van der Waals surface area contributed by atoms with E-state index in [1.54, 1.807) is 32.1 Å². The molecule has 3 rings (SSSR count). The molecule has 9 heteroatoms. The van der Waals surface area contributed by atoms with Crippen LogP contribution in [0.5, 0.6) is 11.5 Å². The summed E-state index contributed by atoms with van der Waals surface area (Å²) in [5.41, 5.74) is 1.79. The van der Waals surface area contributed by atoms with Crippen LogP contribution < -0.4 is 14.8 Å². The number of amides is 1. The van der Waals surface area contributed by atoms with Crippen molar-refractivity contribution in [3.63, 3.8) is 0 Å². The van der Waals surface area contributed by atoms with Gasteiger partial charge in [-0.3, -0.25) is 9.36 Å². The molecular formula is C24H29N5O3S. The molecule has 0 radical (unpaired) electrons. The number of hydrogen-bond acceptors (Lipinski definition) is 7. The maximum Gasteiger partial charge on any atom is 0.244 e. The van der Waals surface area contributed by atoms with E-state index in [0.717, 1.165) is 40.2 Å². The van der Waals surface area contributed by atoms with Crippen LogP contribution in [0.2, 0.25) is 0 Å². The quantitative estimate of drug-likeness (QED) is 0.342. The summed E-state index contributed by atoms with van der Waals surface area (Å²) >= 11 is 1.62. The molecular weight excluding hydrogens is 438 g/mol. The normalized spacial score (nSPS) is 11.2. The average Bonchev–Trinajstić information content (AvgIpc) is 3.24. The van der Waals surface area contributed by atoms with E-state index in [1.165, 1.54) is 6.08 Å². The zero-order valence-corrected chi connectivity index (χ0v) is 20.1. The fraction of sp³-hybridized carbons (Fsp3) is 0.292. The highest BCUT2D eigenvalue weighted by molar-refractivity contribution is 7.99. The van der Waals surface area contributed by atoms with E-state index in [2.05, 4.69) is 20.4 Å². The summed E-state index contributed by atoms with van der Waals surface area (Å²) in [5.74, 6) is 2.80. The molecule has 1 N–H and O–H groups in total. The Morgan fingerprint density at radius 2 is 1.85 bits per heavy atom. The lowest BCUT2D eigenvalue weighted by molar-refractivity contribution is -0.116. The third-order valence-corrected chi connectivity index (χ3v) is 5.65. The second-order valence-corrected chi connectivity index (χ2v) is 8.47. The Morgan fingerprint density at radius 3 is 2.55 bits per heavy atom. The minimum atomic E-state index is -0.215. The van der Waals surface area contributed by atoms with Crippen molar-refractivity contribution in [1.82, 2.24) is 25.0 Å². The Bertz CT molecular complexity index is 1080. The second-order valence-electron chi connectivity index (χ2n) is 7.41. The van der Waals surface area contributed by atoms with Crippen molar-refractivity contribution in [3.05, 3.63) is 66.0 Å². The number of carbonyl (C=O) groups excluding carboxylic acids is 1. The molecule has 33 heavy (non-hydrogen) atoms. The molecule has 0 unspecified atom stereocenters. The molecule has 174 valence electrons. The summed E-state index contributed by atoms with van der Waals surface area (Å²) in [5, 5.41) is 12.4. The summed E-state index contributed by atoms with van der Waals surface area (Å²) in [4.78, 5) is 14.5. The zero-order valence-electron chi connectivity index (χ0n) is 19.3. The minimum absolute atomic E-state index is 0.215. The number of nitrogens with zero attached hydrogens (tertiary/aromatic N) is 4. The third kappa shape index (κ3) is 7.10. The predicted octanol–water partition coefficient (Wildman–Crippen LogP) is 3.27. The standard InChI is InChI=1S/C24H29N5O3S/c1-28(2)14-15-33-24-27-26-22(29(24)19-6-5-7-21(16-19)32-4)17-25-23(30)13-10-18-8-11-20(31-3)12-9-18/h5-13,16H,14-15,17H2,1-4H3,(H,25,30). The number of rotatable bonds is 11. The summed E-state index contributed by atoms with van der Waals surface area (Å²) in [7, 11) is 7.32. The number of methoxy groups -OCH3 is 2. The topological polar surface area (TPSA) is 81.5 Å². The van der Waals surface area contributed by atoms with Gasteiger partial charge in [-0.2, -0.15) is 0 Å². The minimum Gasteiger partial charge on any atom is -0.497 e. The predicted molar refractivity (Wildman–Crippen MR) is 131 cm³/mol. The highest BCUT2D eigenvalue weighted by atomic mass is 32.2. The van der Waals surface area contributed by atoms with Gasteiger partial charge in [-0.15, -0.1) is 10.2 Å². The van der Waals surface area contributed by atoms with Crippen LogP contribution in [0.3, 0.4) is 0 Å². The molecule has 0 spiro atoms. The van der Waals surface area contributed by atoms with Crippen LogP contribution >= 0.6 is 11.8 Å². The van der Waals surface area contributed by atoms with E-state index in [0.29, 0.717) is 5.82 Å². The van der Waals surface area contributed by atoms with Gasteiger partial charge in [-0.05, 0) is 50.0 Å². The molecule has 0 aliphatic rings. The average molecular weight is 468 g/mol. The largest absolute Gasteiger partial charge is 0.497 e. The lowest BCUT2D eigenvalue weighted by atomic mass is 10.2. The number of thioether (sulfide) groups is 1. The van der Waals surface area contributed by atoms with Crippen molar-refractivity contribution in [1.29, 1.82) is 0 Å². The summed E-state index contributed by atoms with van der Waals surface area (Å²) in [6.45, 7) is 1.15. The van der Waals surface area contributed by atoms with Crippen molar-refractivity contribution in [3.8, 4) is 17.2 Å². The van der Waals surface area contributed by atoms with E-state index in [9.17, 15) is 4.79 Å². The first kappa shape index (κ1) is 24.3. The van der Waals surface area contributed by atoms with Crippen LogP contribution in [-0.2, 0) is 11.3 Å². The zero-order chi connectivity index (χ0) is 23.6. The van der Waals surface area contributed by atoms with E-state index in [1.807, 2.05) is 67.2 Å². The first-order chi connectivity index (χ1) is 16.0. The maximum atomic E-state index is 12.4. The van der Waals surface area contributed by atoms with Crippen LogP contribution in [0.15, 0.2) is 59.8 Å². The molecule has 8 nitrogen and oxygen atoms in total. The van der Waals surface area contributed by atoms with E-state index in [-0.39, 0.29) is 12.5 Å². The number of hydrogen-bond donors (Lipinski definition) is 1. The van der Waals surface area contributed by atoms with Crippen LogP contribution in [0.1, 0.15) is 11.4 Å². The first-order valence-corrected chi connectivity index (χ1v) is 11.4. The van der Waals surface area contributed by atoms with E-state index < -0.39 is 0 Å². The fourth-order valence-corrected chi connectivity index (χ4v) is 4.03. The highest BCUT2D eigenvalue weighted by Crippen LogP contribution is 2.24. The van der Waals surface area contributed by atoms with Gasteiger partial charge in [0.15, 0.2) is 11.0 Å². The van der Waals surface area contributed by atoms with Crippen LogP contribution in [0.4, 0.5) is 0 Å². The maximum absolute atomic E-state index is 12.4. The van der Waals surface area contributed by atoms with Crippen LogP contribution in [0.25, 0.3) is 11.8 Å². The number of benzene rings is 2. The Labute approximate surface area is 198 Å². The van der Waals surface area contributed by atoms with Crippen LogP contribution in [0, 0.1) is 0 Å². The van der Waals surface area contributed by atoms with E-state index in [4.69, 9.17) is 9.47 Å². The van der Waals surface area contributed by atoms with Crippen molar-refractivity contribution < 1.29 is 14.3 Å². The summed E-state index contributed by atoms with van der Waals surface area (Å²) in [6.07, 6.45) is 3.25. The van der Waals surface area contributed by atoms with Gasteiger partial charge in [-0.25, -0.2) is 0 Å². The lowest BCUT2D eigenvalue weighted by Gasteiger charge is -2.13. The fourth-order valence-electron chi connectivity index (χ4n) is 2.95. The number of ether oxygens (including phenoxy) is 2. The Morgan fingerprint density at radius 1 is 1.09 bits per heavy atom. The molecule has 0 saturated carbocycles. The van der Waals surface area contributed by atoms with Crippen molar-refractivity contribution in [2.45, 2.75) is 11.7 Å². The van der Waals surface area contributed by atoms with Gasteiger partial charge in [0, 0.05) is 24.4 Å². The SMILES string of the molecule is COc1ccc(C=CC(=O)NCc2nnc(SCCN(C)C)n2-c2cccc(OC)c2)cc1. The smallest absolute Gasteiger partial charge is 0.244 e. The molecule has 2 aromatic carbocycles. The van der Waals surface area contributed by atoms with E-state index >= 15 is 0 Å². The highest BCUT2D eigenvalue weighted by Gasteiger charge is 2.15. The Balaban J connectivity index is 1.73. The van der Waals surface area contributed by atoms with Crippen molar-refractivity contribution >= 4 is 23.7 Å². The molecule has 1 heterocycles. The third-order valence-electron chi connectivity index (χ3n) is 4.75. The monoisotopic (exact) mass is 467 g/mol. The van der Waals surface area contributed by atoms with Gasteiger partial charge < -0.3 is 19.7 Å². The number of aromatic nitrogens is 3. The Hall–Kier alpha value is -3.30. The molecule has 1 amide bonds. The van der Waals surface area contributed by atoms with Gasteiger partial charge in [0.1, 0.15) is 11.5 Å². The van der Waals surface area contributed by atoms with Gasteiger partial charge in [-0.1, -0.05) is 30.0 Å². The molecule has 0 bridgehead atoms. The van der Waals surface area contributed by atoms with Gasteiger partial charge >= 0.3 is 0 Å². The summed E-state index contributed by atoms with van der Waals surface area (Å²) in [6, 6.07) is 15.2. The first-order valence-electron chi connectivity index (χ1n) is 10.5. The van der Waals surface area contributed by atoms with Gasteiger partial charge in [0.25, 0.3) is 0 Å².